The molecule has 0 aromatic carbocycles. The predicted octanol–water partition coefficient (Wildman–Crippen LogP) is 1.41. The number of rotatable bonds is 5. The van der Waals surface area contributed by atoms with Crippen LogP contribution in [0.5, 0.6) is 0 Å². The molecule has 1 N–H and O–H groups in total. The SMILES string of the molecule is CCNC(Cc1ncnn1C)c1cnccc1C. The second kappa shape index (κ2) is 5.73. The van der Waals surface area contributed by atoms with E-state index in [4.69, 9.17) is 0 Å². The van der Waals surface area contributed by atoms with Crippen LogP contribution in [0.2, 0.25) is 0 Å². The fraction of sp³-hybridized carbons (Fsp3) is 0.462. The van der Waals surface area contributed by atoms with E-state index >= 15 is 0 Å². The third kappa shape index (κ3) is 2.73. The molecule has 0 saturated heterocycles. The Morgan fingerprint density at radius 1 is 1.44 bits per heavy atom. The summed E-state index contributed by atoms with van der Waals surface area (Å²) in [7, 11) is 1.92. The van der Waals surface area contributed by atoms with Gasteiger partial charge in [0.2, 0.25) is 0 Å². The monoisotopic (exact) mass is 245 g/mol. The Bertz CT molecular complexity index is 506. The quantitative estimate of drug-likeness (QED) is 0.865. The van der Waals surface area contributed by atoms with E-state index in [1.807, 2.05) is 30.2 Å². The average Bonchev–Trinajstić information content (AvgIpc) is 2.75. The molecule has 0 aliphatic heterocycles. The summed E-state index contributed by atoms with van der Waals surface area (Å²) in [5, 5.41) is 7.59. The molecule has 2 aromatic heterocycles. The van der Waals surface area contributed by atoms with Gasteiger partial charge in [0.25, 0.3) is 0 Å². The maximum absolute atomic E-state index is 4.28. The summed E-state index contributed by atoms with van der Waals surface area (Å²) >= 11 is 0. The topological polar surface area (TPSA) is 55.6 Å². The van der Waals surface area contributed by atoms with Gasteiger partial charge in [-0.2, -0.15) is 5.10 Å². The summed E-state index contributed by atoms with van der Waals surface area (Å²) in [6, 6.07) is 2.27. The molecule has 18 heavy (non-hydrogen) atoms. The highest BCUT2D eigenvalue weighted by Gasteiger charge is 2.16. The molecule has 2 rings (SSSR count). The van der Waals surface area contributed by atoms with Gasteiger partial charge in [0.05, 0.1) is 0 Å². The molecule has 0 radical (unpaired) electrons. The minimum atomic E-state index is 0.228. The van der Waals surface area contributed by atoms with Gasteiger partial charge >= 0.3 is 0 Å². The van der Waals surface area contributed by atoms with Crippen molar-refractivity contribution in [2.45, 2.75) is 26.3 Å². The molecule has 2 aromatic rings. The molecule has 1 atom stereocenters. The first-order chi connectivity index (χ1) is 8.72. The zero-order valence-corrected chi connectivity index (χ0v) is 11.1. The van der Waals surface area contributed by atoms with E-state index in [-0.39, 0.29) is 6.04 Å². The van der Waals surface area contributed by atoms with E-state index in [2.05, 4.69) is 34.2 Å². The molecule has 5 nitrogen and oxygen atoms in total. The highest BCUT2D eigenvalue weighted by atomic mass is 15.3. The van der Waals surface area contributed by atoms with E-state index in [0.29, 0.717) is 0 Å². The molecule has 0 spiro atoms. The van der Waals surface area contributed by atoms with Gasteiger partial charge < -0.3 is 5.32 Å². The van der Waals surface area contributed by atoms with Crippen LogP contribution in [0.3, 0.4) is 0 Å². The summed E-state index contributed by atoms with van der Waals surface area (Å²) in [5.74, 6) is 0.976. The maximum atomic E-state index is 4.28. The molecule has 0 aliphatic rings. The predicted molar refractivity (Wildman–Crippen MR) is 70.1 cm³/mol. The van der Waals surface area contributed by atoms with Crippen LogP contribution in [-0.4, -0.2) is 26.3 Å². The van der Waals surface area contributed by atoms with E-state index in [1.54, 1.807) is 6.33 Å². The first kappa shape index (κ1) is 12.7. The van der Waals surface area contributed by atoms with Crippen LogP contribution in [-0.2, 0) is 13.5 Å². The highest BCUT2D eigenvalue weighted by Crippen LogP contribution is 2.19. The third-order valence-electron chi connectivity index (χ3n) is 3.10. The zero-order chi connectivity index (χ0) is 13.0. The van der Waals surface area contributed by atoms with E-state index in [0.717, 1.165) is 18.8 Å². The first-order valence-corrected chi connectivity index (χ1v) is 6.19. The van der Waals surface area contributed by atoms with Crippen LogP contribution >= 0.6 is 0 Å². The van der Waals surface area contributed by atoms with Crippen molar-refractivity contribution in [1.29, 1.82) is 0 Å². The summed E-state index contributed by atoms with van der Waals surface area (Å²) in [6.07, 6.45) is 6.16. The average molecular weight is 245 g/mol. The van der Waals surface area contributed by atoms with Gasteiger partial charge in [-0.15, -0.1) is 0 Å². The first-order valence-electron chi connectivity index (χ1n) is 6.19. The lowest BCUT2D eigenvalue weighted by Gasteiger charge is -2.19. The maximum Gasteiger partial charge on any atom is 0.138 e. The van der Waals surface area contributed by atoms with Crippen LogP contribution in [0, 0.1) is 6.92 Å². The van der Waals surface area contributed by atoms with Gasteiger partial charge in [0, 0.05) is 31.9 Å². The lowest BCUT2D eigenvalue weighted by atomic mass is 10.0. The lowest BCUT2D eigenvalue weighted by molar-refractivity contribution is 0.519. The molecule has 5 heteroatoms. The van der Waals surface area contributed by atoms with Gasteiger partial charge in [-0.05, 0) is 30.7 Å². The molecule has 1 unspecified atom stereocenters. The van der Waals surface area contributed by atoms with Crippen molar-refractivity contribution in [3.8, 4) is 0 Å². The highest BCUT2D eigenvalue weighted by molar-refractivity contribution is 5.25. The number of likely N-dealkylation sites (N-methyl/N-ethyl adjacent to an activating group) is 1. The van der Waals surface area contributed by atoms with Crippen LogP contribution in [0.15, 0.2) is 24.8 Å². The Balaban J connectivity index is 2.24. The van der Waals surface area contributed by atoms with Gasteiger partial charge in [0.1, 0.15) is 12.2 Å². The molecule has 0 aliphatic carbocycles. The number of pyridine rings is 1. The Morgan fingerprint density at radius 2 is 2.28 bits per heavy atom. The van der Waals surface area contributed by atoms with Crippen molar-refractivity contribution < 1.29 is 0 Å². The molecular weight excluding hydrogens is 226 g/mol. The molecule has 2 heterocycles. The van der Waals surface area contributed by atoms with E-state index < -0.39 is 0 Å². The van der Waals surface area contributed by atoms with Crippen molar-refractivity contribution in [1.82, 2.24) is 25.1 Å². The standard InChI is InChI=1S/C13H19N5/c1-4-15-12(7-13-16-9-17-18(13)3)11-8-14-6-5-10(11)2/h5-6,8-9,12,15H,4,7H2,1-3H3. The molecule has 0 fully saturated rings. The van der Waals surface area contributed by atoms with E-state index in [9.17, 15) is 0 Å². The summed E-state index contributed by atoms with van der Waals surface area (Å²) in [4.78, 5) is 8.50. The fourth-order valence-corrected chi connectivity index (χ4v) is 2.07. The number of aryl methyl sites for hydroxylation is 2. The largest absolute Gasteiger partial charge is 0.310 e. The molecular formula is C13H19N5. The van der Waals surface area contributed by atoms with Crippen molar-refractivity contribution >= 4 is 0 Å². The second-order valence-corrected chi connectivity index (χ2v) is 4.35. The number of aromatic nitrogens is 4. The van der Waals surface area contributed by atoms with Gasteiger partial charge in [-0.25, -0.2) is 4.98 Å². The normalized spacial score (nSPS) is 12.6. The van der Waals surface area contributed by atoms with Gasteiger partial charge in [-0.1, -0.05) is 6.92 Å². The molecule has 0 amide bonds. The second-order valence-electron chi connectivity index (χ2n) is 4.35. The lowest BCUT2D eigenvalue weighted by Crippen LogP contribution is -2.25. The number of nitrogens with one attached hydrogen (secondary N) is 1. The smallest absolute Gasteiger partial charge is 0.138 e. The summed E-state index contributed by atoms with van der Waals surface area (Å²) in [6.45, 7) is 5.13. The fourth-order valence-electron chi connectivity index (χ4n) is 2.07. The molecule has 0 saturated carbocycles. The van der Waals surface area contributed by atoms with Crippen LogP contribution < -0.4 is 5.32 Å². The van der Waals surface area contributed by atoms with Gasteiger partial charge in [0.15, 0.2) is 0 Å². The third-order valence-corrected chi connectivity index (χ3v) is 3.10. The van der Waals surface area contributed by atoms with Crippen LogP contribution in [0.1, 0.15) is 29.9 Å². The number of nitrogens with zero attached hydrogens (tertiary/aromatic N) is 4. The molecule has 0 bridgehead atoms. The zero-order valence-electron chi connectivity index (χ0n) is 11.1. The van der Waals surface area contributed by atoms with Crippen molar-refractivity contribution in [3.05, 3.63) is 41.7 Å². The van der Waals surface area contributed by atoms with Crippen molar-refractivity contribution in [2.24, 2.45) is 7.05 Å². The number of hydrogen-bond acceptors (Lipinski definition) is 4. The summed E-state index contributed by atoms with van der Waals surface area (Å²) < 4.78 is 1.82. The van der Waals surface area contributed by atoms with Crippen molar-refractivity contribution in [2.75, 3.05) is 6.54 Å². The van der Waals surface area contributed by atoms with E-state index in [1.165, 1.54) is 11.1 Å². The minimum Gasteiger partial charge on any atom is -0.310 e. The van der Waals surface area contributed by atoms with Crippen LogP contribution in [0.25, 0.3) is 0 Å². The Hall–Kier alpha value is -1.75. The minimum absolute atomic E-state index is 0.228. The van der Waals surface area contributed by atoms with Crippen molar-refractivity contribution in [3.63, 3.8) is 0 Å². The number of hydrogen-bond donors (Lipinski definition) is 1. The van der Waals surface area contributed by atoms with Crippen LogP contribution in [0.4, 0.5) is 0 Å². The van der Waals surface area contributed by atoms with Gasteiger partial charge in [-0.3, -0.25) is 9.67 Å². The Kier molecular flexibility index (Phi) is 4.04. The summed E-state index contributed by atoms with van der Waals surface area (Å²) in [5.41, 5.74) is 2.47. The Morgan fingerprint density at radius 3 is 2.89 bits per heavy atom. The molecule has 96 valence electrons. The Labute approximate surface area is 107 Å².